The van der Waals surface area contributed by atoms with Gasteiger partial charge < -0.3 is 14.2 Å². The highest BCUT2D eigenvalue weighted by atomic mass is 32.2. The molecule has 0 bridgehead atoms. The summed E-state index contributed by atoms with van der Waals surface area (Å²) in [6, 6.07) is 8.63. The summed E-state index contributed by atoms with van der Waals surface area (Å²) >= 11 is 0. The lowest BCUT2D eigenvalue weighted by Gasteiger charge is -2.19. The van der Waals surface area contributed by atoms with Crippen LogP contribution in [-0.4, -0.2) is 41.1 Å². The zero-order valence-corrected chi connectivity index (χ0v) is 15.3. The molecule has 2 aromatic carbocycles. The number of rotatable bonds is 7. The SMILES string of the molecule is COc1ccc(CN(C)S(=O)(=O)c2ccc(OC)c(F)c2)c(OC)c1. The van der Waals surface area contributed by atoms with Gasteiger partial charge in [0.25, 0.3) is 0 Å². The van der Waals surface area contributed by atoms with Crippen LogP contribution in [0.1, 0.15) is 5.56 Å². The summed E-state index contributed by atoms with van der Waals surface area (Å²) in [5, 5.41) is 0. The van der Waals surface area contributed by atoms with Crippen LogP contribution >= 0.6 is 0 Å². The van der Waals surface area contributed by atoms with Crippen molar-refractivity contribution in [3.8, 4) is 17.2 Å². The summed E-state index contributed by atoms with van der Waals surface area (Å²) in [7, 11) is 1.88. The first-order chi connectivity index (χ1) is 11.8. The van der Waals surface area contributed by atoms with Crippen LogP contribution in [0, 0.1) is 5.82 Å². The van der Waals surface area contributed by atoms with E-state index in [9.17, 15) is 12.8 Å². The molecule has 0 aliphatic heterocycles. The molecule has 0 fully saturated rings. The van der Waals surface area contributed by atoms with Gasteiger partial charge in [-0.1, -0.05) is 6.07 Å². The van der Waals surface area contributed by atoms with E-state index >= 15 is 0 Å². The van der Waals surface area contributed by atoms with Crippen LogP contribution in [0.3, 0.4) is 0 Å². The first kappa shape index (κ1) is 19.0. The topological polar surface area (TPSA) is 65.1 Å². The quantitative estimate of drug-likeness (QED) is 0.751. The molecule has 2 rings (SSSR count). The lowest BCUT2D eigenvalue weighted by Crippen LogP contribution is -2.26. The van der Waals surface area contributed by atoms with Gasteiger partial charge in [0, 0.05) is 25.2 Å². The maximum absolute atomic E-state index is 13.8. The fourth-order valence-electron chi connectivity index (χ4n) is 2.29. The van der Waals surface area contributed by atoms with Gasteiger partial charge in [-0.2, -0.15) is 4.31 Å². The van der Waals surface area contributed by atoms with Gasteiger partial charge in [0.2, 0.25) is 10.0 Å². The lowest BCUT2D eigenvalue weighted by molar-refractivity contribution is 0.383. The van der Waals surface area contributed by atoms with E-state index in [4.69, 9.17) is 14.2 Å². The minimum Gasteiger partial charge on any atom is -0.497 e. The summed E-state index contributed by atoms with van der Waals surface area (Å²) in [4.78, 5) is -0.152. The van der Waals surface area contributed by atoms with Crippen LogP contribution in [0.15, 0.2) is 41.3 Å². The number of hydrogen-bond donors (Lipinski definition) is 0. The van der Waals surface area contributed by atoms with Crippen LogP contribution in [0.25, 0.3) is 0 Å². The second-order valence-electron chi connectivity index (χ2n) is 5.24. The molecule has 0 radical (unpaired) electrons. The Kier molecular flexibility index (Phi) is 5.86. The van der Waals surface area contributed by atoms with Crippen molar-refractivity contribution >= 4 is 10.0 Å². The molecule has 0 aromatic heterocycles. The Balaban J connectivity index is 2.30. The van der Waals surface area contributed by atoms with Gasteiger partial charge in [-0.15, -0.1) is 0 Å². The summed E-state index contributed by atoms with van der Waals surface area (Å²) in [5.41, 5.74) is 0.656. The average Bonchev–Trinajstić information content (AvgIpc) is 2.61. The van der Waals surface area contributed by atoms with Crippen LogP contribution in [0.5, 0.6) is 17.2 Å². The zero-order valence-electron chi connectivity index (χ0n) is 14.4. The third-order valence-electron chi connectivity index (χ3n) is 3.72. The average molecular weight is 369 g/mol. The molecule has 0 atom stereocenters. The number of sulfonamides is 1. The van der Waals surface area contributed by atoms with Gasteiger partial charge in [0.1, 0.15) is 11.5 Å². The molecule has 0 saturated carbocycles. The molecule has 0 N–H and O–H groups in total. The van der Waals surface area contributed by atoms with Crippen LogP contribution < -0.4 is 14.2 Å². The van der Waals surface area contributed by atoms with E-state index < -0.39 is 15.8 Å². The molecule has 8 heteroatoms. The fourth-order valence-corrected chi connectivity index (χ4v) is 3.46. The smallest absolute Gasteiger partial charge is 0.243 e. The fraction of sp³-hybridized carbons (Fsp3) is 0.294. The summed E-state index contributed by atoms with van der Waals surface area (Å²) in [5.74, 6) is 0.350. The minimum absolute atomic E-state index is 0.0153. The van der Waals surface area contributed by atoms with E-state index in [0.29, 0.717) is 17.1 Å². The third-order valence-corrected chi connectivity index (χ3v) is 5.52. The molecule has 0 unspecified atom stereocenters. The van der Waals surface area contributed by atoms with Gasteiger partial charge >= 0.3 is 0 Å². The summed E-state index contributed by atoms with van der Waals surface area (Å²) in [6.07, 6.45) is 0. The molecule has 0 heterocycles. The van der Waals surface area contributed by atoms with E-state index in [-0.39, 0.29) is 17.2 Å². The van der Waals surface area contributed by atoms with Crippen molar-refractivity contribution in [3.05, 3.63) is 47.8 Å². The molecule has 0 aliphatic rings. The molecule has 25 heavy (non-hydrogen) atoms. The largest absolute Gasteiger partial charge is 0.497 e. The van der Waals surface area contributed by atoms with E-state index in [1.807, 2.05) is 0 Å². The highest BCUT2D eigenvalue weighted by molar-refractivity contribution is 7.89. The van der Waals surface area contributed by atoms with Gasteiger partial charge in [0.05, 0.1) is 26.2 Å². The molecule has 0 spiro atoms. The molecule has 0 saturated heterocycles. The molecular formula is C17H20FNO5S. The van der Waals surface area contributed by atoms with Crippen LogP contribution in [0.2, 0.25) is 0 Å². The Morgan fingerprint density at radius 1 is 0.960 bits per heavy atom. The van der Waals surface area contributed by atoms with Gasteiger partial charge in [-0.25, -0.2) is 12.8 Å². The summed E-state index contributed by atoms with van der Waals surface area (Å²) in [6.45, 7) is 0.0587. The number of hydrogen-bond acceptors (Lipinski definition) is 5. The Bertz CT molecular complexity index is 854. The molecule has 0 aliphatic carbocycles. The highest BCUT2D eigenvalue weighted by Crippen LogP contribution is 2.28. The van der Waals surface area contributed by atoms with Crippen molar-refractivity contribution in [1.29, 1.82) is 0 Å². The minimum atomic E-state index is -3.87. The Labute approximate surface area is 146 Å². The number of ether oxygens (including phenoxy) is 3. The summed E-state index contributed by atoms with van der Waals surface area (Å²) < 4.78 is 55.5. The number of nitrogens with zero attached hydrogens (tertiary/aromatic N) is 1. The predicted molar refractivity (Wildman–Crippen MR) is 91.2 cm³/mol. The van der Waals surface area contributed by atoms with Crippen LogP contribution in [0.4, 0.5) is 4.39 Å². The maximum atomic E-state index is 13.8. The Morgan fingerprint density at radius 2 is 1.64 bits per heavy atom. The molecule has 136 valence electrons. The Hall–Kier alpha value is -2.32. The van der Waals surface area contributed by atoms with Crippen LogP contribution in [-0.2, 0) is 16.6 Å². The van der Waals surface area contributed by atoms with Crippen molar-refractivity contribution in [2.45, 2.75) is 11.4 Å². The normalized spacial score (nSPS) is 11.4. The van der Waals surface area contributed by atoms with Crippen molar-refractivity contribution in [2.75, 3.05) is 28.4 Å². The third kappa shape index (κ3) is 4.02. The monoisotopic (exact) mass is 369 g/mol. The van der Waals surface area contributed by atoms with E-state index in [1.54, 1.807) is 18.2 Å². The van der Waals surface area contributed by atoms with Gasteiger partial charge in [0.15, 0.2) is 11.6 Å². The van der Waals surface area contributed by atoms with E-state index in [1.165, 1.54) is 40.5 Å². The van der Waals surface area contributed by atoms with Crippen molar-refractivity contribution in [3.63, 3.8) is 0 Å². The number of methoxy groups -OCH3 is 3. The number of benzene rings is 2. The van der Waals surface area contributed by atoms with Crippen molar-refractivity contribution < 1.29 is 27.0 Å². The lowest BCUT2D eigenvalue weighted by atomic mass is 10.2. The zero-order chi connectivity index (χ0) is 18.6. The first-order valence-corrected chi connectivity index (χ1v) is 8.78. The van der Waals surface area contributed by atoms with Crippen molar-refractivity contribution in [1.82, 2.24) is 4.31 Å². The van der Waals surface area contributed by atoms with Crippen molar-refractivity contribution in [2.24, 2.45) is 0 Å². The molecular weight excluding hydrogens is 349 g/mol. The predicted octanol–water partition coefficient (Wildman–Crippen LogP) is 2.67. The second-order valence-corrected chi connectivity index (χ2v) is 7.28. The number of halogens is 1. The van der Waals surface area contributed by atoms with Gasteiger partial charge in [-0.3, -0.25) is 0 Å². The molecule has 2 aromatic rings. The van der Waals surface area contributed by atoms with Gasteiger partial charge in [-0.05, 0) is 24.3 Å². The molecule has 0 amide bonds. The Morgan fingerprint density at radius 3 is 2.20 bits per heavy atom. The van der Waals surface area contributed by atoms with E-state index in [0.717, 1.165) is 10.4 Å². The van der Waals surface area contributed by atoms with E-state index in [2.05, 4.69) is 0 Å². The second kappa shape index (κ2) is 7.71. The first-order valence-electron chi connectivity index (χ1n) is 7.34. The standard InChI is InChI=1S/C17H20FNO5S/c1-19(11-12-5-6-13(22-2)9-17(12)24-4)25(20,21)14-7-8-16(23-3)15(18)10-14/h5-10H,11H2,1-4H3. The maximum Gasteiger partial charge on any atom is 0.243 e. The molecule has 6 nitrogen and oxygen atoms in total. The highest BCUT2D eigenvalue weighted by Gasteiger charge is 2.23.